The molecule has 0 saturated carbocycles. The van der Waals surface area contributed by atoms with Crippen molar-refractivity contribution >= 4 is 17.5 Å². The Kier molecular flexibility index (Phi) is 6.82. The van der Waals surface area contributed by atoms with Gasteiger partial charge in [0.1, 0.15) is 5.76 Å². The predicted octanol–water partition coefficient (Wildman–Crippen LogP) is 3.50. The van der Waals surface area contributed by atoms with Gasteiger partial charge in [0.2, 0.25) is 11.6 Å². The third-order valence-corrected chi connectivity index (χ3v) is 4.63. The number of carbonyl (C=O) groups excluding carboxylic acids is 2. The second kappa shape index (κ2) is 9.07. The Bertz CT molecular complexity index is 847. The van der Waals surface area contributed by atoms with Gasteiger partial charge in [-0.2, -0.15) is 0 Å². The minimum atomic E-state index is -1.10. The fourth-order valence-electron chi connectivity index (χ4n) is 2.91. The van der Waals surface area contributed by atoms with Crippen molar-refractivity contribution in [1.29, 1.82) is 0 Å². The Balaban J connectivity index is 2.03. The molecule has 142 valence electrons. The average Bonchev–Trinajstić information content (AvgIpc) is 2.66. The molecule has 1 aliphatic carbocycles. The quantitative estimate of drug-likeness (QED) is 0.314. The molecule has 0 spiro atoms. The van der Waals surface area contributed by atoms with Crippen LogP contribution in [0.15, 0.2) is 58.7 Å². The molecule has 2 rings (SSSR count). The van der Waals surface area contributed by atoms with Gasteiger partial charge in [-0.1, -0.05) is 12.5 Å². The zero-order chi connectivity index (χ0) is 20.0. The number of Topliss-reactive ketones (excluding diaryl/α,β-unsaturated/α-hetero) is 2. The van der Waals surface area contributed by atoms with E-state index >= 15 is 0 Å². The fourth-order valence-corrected chi connectivity index (χ4v) is 2.91. The van der Waals surface area contributed by atoms with Crippen molar-refractivity contribution in [2.45, 2.75) is 46.0 Å². The second-order valence-electron chi connectivity index (χ2n) is 6.57. The molecule has 0 atom stereocenters. The summed E-state index contributed by atoms with van der Waals surface area (Å²) >= 11 is 0. The van der Waals surface area contributed by atoms with Gasteiger partial charge in [-0.15, -0.1) is 0 Å². The largest absolute Gasteiger partial charge is 0.507 e. The maximum atomic E-state index is 11.9. The number of aliphatic carboxylic acids is 1. The molecule has 0 bridgehead atoms. The Morgan fingerprint density at radius 2 is 1.81 bits per heavy atom. The second-order valence-corrected chi connectivity index (χ2v) is 6.57. The number of carboxylic acids is 1. The molecule has 0 radical (unpaired) electrons. The first-order chi connectivity index (χ1) is 12.8. The van der Waals surface area contributed by atoms with Crippen LogP contribution in [-0.4, -0.2) is 32.7 Å². The lowest BCUT2D eigenvalue weighted by atomic mass is 9.88. The Labute approximate surface area is 157 Å². The number of allylic oxidation sites excluding steroid dienone is 3. The molecule has 0 saturated heterocycles. The summed E-state index contributed by atoms with van der Waals surface area (Å²) in [5.74, 6) is -2.89. The van der Waals surface area contributed by atoms with E-state index in [4.69, 9.17) is 0 Å². The van der Waals surface area contributed by atoms with Crippen LogP contribution in [0.25, 0.3) is 0 Å². The zero-order valence-corrected chi connectivity index (χ0v) is 15.5. The number of carboxylic acid groups (broad SMARTS) is 1. The van der Waals surface area contributed by atoms with E-state index in [2.05, 4.69) is 4.98 Å². The van der Waals surface area contributed by atoms with Crippen LogP contribution >= 0.6 is 0 Å². The van der Waals surface area contributed by atoms with E-state index in [1.165, 1.54) is 19.9 Å². The van der Waals surface area contributed by atoms with Crippen molar-refractivity contribution in [2.24, 2.45) is 0 Å². The van der Waals surface area contributed by atoms with Crippen molar-refractivity contribution in [3.63, 3.8) is 0 Å². The van der Waals surface area contributed by atoms with E-state index in [9.17, 15) is 24.6 Å². The first-order valence-corrected chi connectivity index (χ1v) is 8.85. The number of rotatable bonds is 8. The van der Waals surface area contributed by atoms with Gasteiger partial charge in [0.05, 0.1) is 0 Å². The lowest BCUT2D eigenvalue weighted by Gasteiger charge is -2.16. The van der Waals surface area contributed by atoms with Crippen LogP contribution in [0, 0.1) is 0 Å². The summed E-state index contributed by atoms with van der Waals surface area (Å²) in [4.78, 5) is 39.3. The maximum Gasteiger partial charge on any atom is 0.331 e. The normalized spacial score (nSPS) is 15.6. The third-order valence-electron chi connectivity index (χ3n) is 4.63. The van der Waals surface area contributed by atoms with Crippen molar-refractivity contribution in [3.05, 3.63) is 64.2 Å². The highest BCUT2D eigenvalue weighted by Gasteiger charge is 2.30. The van der Waals surface area contributed by atoms with E-state index in [0.29, 0.717) is 12.8 Å². The van der Waals surface area contributed by atoms with E-state index in [-0.39, 0.29) is 28.1 Å². The van der Waals surface area contributed by atoms with Crippen LogP contribution in [0.1, 0.15) is 45.1 Å². The Morgan fingerprint density at radius 1 is 1.11 bits per heavy atom. The maximum absolute atomic E-state index is 11.9. The SMILES string of the molecule is CC1=C(O)C(C=C(CCCCCc2cccnc2)C(=O)O)=C(C)C(=O)C1=O. The summed E-state index contributed by atoms with van der Waals surface area (Å²) in [5.41, 5.74) is 1.37. The predicted molar refractivity (Wildman–Crippen MR) is 100 cm³/mol. The number of hydrogen-bond donors (Lipinski definition) is 2. The number of carbonyl (C=O) groups is 3. The van der Waals surface area contributed by atoms with Gasteiger partial charge in [0, 0.05) is 34.7 Å². The summed E-state index contributed by atoms with van der Waals surface area (Å²) in [6.07, 6.45) is 8.46. The van der Waals surface area contributed by atoms with Crippen molar-refractivity contribution < 1.29 is 24.6 Å². The van der Waals surface area contributed by atoms with E-state index in [1.807, 2.05) is 18.3 Å². The minimum Gasteiger partial charge on any atom is -0.507 e. The monoisotopic (exact) mass is 369 g/mol. The van der Waals surface area contributed by atoms with Crippen LogP contribution in [-0.2, 0) is 20.8 Å². The standard InChI is InChI=1S/C21H23NO5/c1-13-17(18(23)14(2)20(25)19(13)24)11-16(21(26)27)9-5-3-4-7-15-8-6-10-22-12-15/h6,8,10-12,23H,3-5,7,9H2,1-2H3,(H,26,27). The molecule has 2 N–H and O–H groups in total. The number of ketones is 2. The summed E-state index contributed by atoms with van der Waals surface area (Å²) < 4.78 is 0. The summed E-state index contributed by atoms with van der Waals surface area (Å²) in [6, 6.07) is 3.89. The summed E-state index contributed by atoms with van der Waals surface area (Å²) in [7, 11) is 0. The number of aromatic nitrogens is 1. The third kappa shape index (κ3) is 5.00. The number of unbranched alkanes of at least 4 members (excludes halogenated alkanes) is 2. The topological polar surface area (TPSA) is 105 Å². The van der Waals surface area contributed by atoms with Crippen LogP contribution in [0.3, 0.4) is 0 Å². The van der Waals surface area contributed by atoms with E-state index in [0.717, 1.165) is 24.8 Å². The minimum absolute atomic E-state index is 0.0574. The summed E-state index contributed by atoms with van der Waals surface area (Å²) in [5, 5.41) is 19.6. The number of aryl methyl sites for hydroxylation is 1. The fraction of sp³-hybridized carbons (Fsp3) is 0.333. The molecule has 1 aliphatic rings. The van der Waals surface area contributed by atoms with Gasteiger partial charge in [-0.3, -0.25) is 14.6 Å². The highest BCUT2D eigenvalue weighted by Crippen LogP contribution is 2.27. The van der Waals surface area contributed by atoms with Gasteiger partial charge in [-0.05, 0) is 57.2 Å². The van der Waals surface area contributed by atoms with Gasteiger partial charge >= 0.3 is 5.97 Å². The van der Waals surface area contributed by atoms with E-state index < -0.39 is 17.5 Å². The number of nitrogens with zero attached hydrogens (tertiary/aromatic N) is 1. The first kappa shape index (κ1) is 20.3. The van der Waals surface area contributed by atoms with Gasteiger partial charge in [0.25, 0.3) is 0 Å². The number of aliphatic hydroxyl groups is 1. The van der Waals surface area contributed by atoms with Gasteiger partial charge < -0.3 is 10.2 Å². The van der Waals surface area contributed by atoms with E-state index in [1.54, 1.807) is 6.20 Å². The first-order valence-electron chi connectivity index (χ1n) is 8.85. The Hall–Kier alpha value is -3.02. The number of pyridine rings is 1. The van der Waals surface area contributed by atoms with Gasteiger partial charge in [-0.25, -0.2) is 4.79 Å². The van der Waals surface area contributed by atoms with Crippen molar-refractivity contribution in [2.75, 3.05) is 0 Å². The lowest BCUT2D eigenvalue weighted by Crippen LogP contribution is -2.23. The van der Waals surface area contributed by atoms with Crippen molar-refractivity contribution in [1.82, 2.24) is 4.98 Å². The average molecular weight is 369 g/mol. The van der Waals surface area contributed by atoms with Gasteiger partial charge in [0.15, 0.2) is 0 Å². The number of hydrogen-bond acceptors (Lipinski definition) is 5. The number of aliphatic hydroxyl groups excluding tert-OH is 1. The molecule has 6 heteroatoms. The molecular weight excluding hydrogens is 346 g/mol. The molecular formula is C21H23NO5. The van der Waals surface area contributed by atoms with Crippen LogP contribution in [0.5, 0.6) is 0 Å². The lowest BCUT2D eigenvalue weighted by molar-refractivity contribution is -0.132. The molecule has 0 aromatic carbocycles. The molecule has 1 aromatic heterocycles. The molecule has 0 amide bonds. The van der Waals surface area contributed by atoms with Crippen molar-refractivity contribution in [3.8, 4) is 0 Å². The molecule has 0 aliphatic heterocycles. The van der Waals surface area contributed by atoms with Crippen LogP contribution in [0.2, 0.25) is 0 Å². The molecule has 6 nitrogen and oxygen atoms in total. The molecule has 1 aromatic rings. The highest BCUT2D eigenvalue weighted by atomic mass is 16.4. The zero-order valence-electron chi connectivity index (χ0n) is 15.5. The highest BCUT2D eigenvalue weighted by molar-refractivity contribution is 6.50. The smallest absolute Gasteiger partial charge is 0.331 e. The van der Waals surface area contributed by atoms with Crippen LogP contribution < -0.4 is 0 Å². The molecule has 0 unspecified atom stereocenters. The molecule has 1 heterocycles. The summed E-state index contributed by atoms with van der Waals surface area (Å²) in [6.45, 7) is 2.77. The molecule has 27 heavy (non-hydrogen) atoms. The molecule has 0 fully saturated rings. The van der Waals surface area contributed by atoms with Crippen LogP contribution in [0.4, 0.5) is 0 Å². The Morgan fingerprint density at radius 3 is 2.44 bits per heavy atom.